The minimum absolute atomic E-state index is 0.0512. The number of hydrogen-bond donors (Lipinski definition) is 2. The van der Waals surface area contributed by atoms with Crippen molar-refractivity contribution in [1.82, 2.24) is 5.32 Å². The van der Waals surface area contributed by atoms with E-state index in [-0.39, 0.29) is 17.1 Å². The normalized spacial score (nSPS) is 19.4. The predicted molar refractivity (Wildman–Crippen MR) is 133 cm³/mol. The van der Waals surface area contributed by atoms with Gasteiger partial charge in [-0.05, 0) is 43.4 Å². The number of carbonyl (C=O) groups excluding carboxylic acids is 2. The first-order valence-corrected chi connectivity index (χ1v) is 11.5. The molecule has 4 rings (SSSR count). The van der Waals surface area contributed by atoms with Crippen molar-refractivity contribution in [1.29, 1.82) is 0 Å². The first-order chi connectivity index (χ1) is 16.1. The Kier molecular flexibility index (Phi) is 6.26. The number of allylic oxidation sites excluding steroid dienone is 3. The van der Waals surface area contributed by atoms with Gasteiger partial charge in [-0.15, -0.1) is 0 Å². The van der Waals surface area contributed by atoms with Gasteiger partial charge in [0.1, 0.15) is 11.5 Å². The van der Waals surface area contributed by atoms with Crippen LogP contribution in [0, 0.1) is 12.3 Å². The summed E-state index contributed by atoms with van der Waals surface area (Å²) in [4.78, 5) is 27.3. The van der Waals surface area contributed by atoms with E-state index in [1.807, 2.05) is 50.2 Å². The monoisotopic (exact) mass is 460 g/mol. The lowest BCUT2D eigenvalue weighted by Gasteiger charge is -2.40. The SMILES string of the molecule is COc1ccc([C@H]2C(C(=O)Nc3ccccc3C)=C(C)NC3=C2C(=O)CC(C)(C)C3)c(OC)c1. The summed E-state index contributed by atoms with van der Waals surface area (Å²) in [6.45, 7) is 8.04. The van der Waals surface area contributed by atoms with Crippen molar-refractivity contribution in [3.8, 4) is 11.5 Å². The van der Waals surface area contributed by atoms with Crippen molar-refractivity contribution in [2.75, 3.05) is 19.5 Å². The lowest BCUT2D eigenvalue weighted by atomic mass is 9.68. The van der Waals surface area contributed by atoms with E-state index in [1.54, 1.807) is 20.3 Å². The zero-order valence-electron chi connectivity index (χ0n) is 20.7. The zero-order chi connectivity index (χ0) is 24.6. The first kappa shape index (κ1) is 23.6. The minimum Gasteiger partial charge on any atom is -0.497 e. The van der Waals surface area contributed by atoms with Crippen molar-refractivity contribution in [3.05, 3.63) is 76.1 Å². The van der Waals surface area contributed by atoms with E-state index in [4.69, 9.17) is 9.47 Å². The summed E-state index contributed by atoms with van der Waals surface area (Å²) in [5.74, 6) is 0.475. The van der Waals surface area contributed by atoms with Crippen molar-refractivity contribution < 1.29 is 19.1 Å². The number of ketones is 1. The van der Waals surface area contributed by atoms with Gasteiger partial charge in [0.15, 0.2) is 5.78 Å². The number of carbonyl (C=O) groups is 2. The fraction of sp³-hybridized carbons (Fsp3) is 0.357. The number of methoxy groups -OCH3 is 2. The number of dihydropyridines is 1. The van der Waals surface area contributed by atoms with Gasteiger partial charge in [-0.1, -0.05) is 38.1 Å². The van der Waals surface area contributed by atoms with Crippen LogP contribution in [0.15, 0.2) is 65.0 Å². The fourth-order valence-electron chi connectivity index (χ4n) is 5.01. The third kappa shape index (κ3) is 4.32. The van der Waals surface area contributed by atoms with Crippen LogP contribution in [-0.4, -0.2) is 25.9 Å². The van der Waals surface area contributed by atoms with Gasteiger partial charge in [0.05, 0.1) is 20.1 Å². The van der Waals surface area contributed by atoms with E-state index in [0.29, 0.717) is 29.1 Å². The van der Waals surface area contributed by atoms with E-state index < -0.39 is 5.92 Å². The molecule has 2 aromatic carbocycles. The second-order valence-electron chi connectivity index (χ2n) is 9.81. The van der Waals surface area contributed by atoms with Crippen LogP contribution in [-0.2, 0) is 9.59 Å². The van der Waals surface area contributed by atoms with Crippen LogP contribution in [0.4, 0.5) is 5.69 Å². The third-order valence-corrected chi connectivity index (χ3v) is 6.63. The maximum Gasteiger partial charge on any atom is 0.254 e. The summed E-state index contributed by atoms with van der Waals surface area (Å²) in [5, 5.41) is 6.47. The number of para-hydroxylation sites is 1. The fourth-order valence-corrected chi connectivity index (χ4v) is 5.01. The first-order valence-electron chi connectivity index (χ1n) is 11.5. The molecule has 1 atom stereocenters. The van der Waals surface area contributed by atoms with E-state index in [1.165, 1.54) is 0 Å². The largest absolute Gasteiger partial charge is 0.497 e. The molecule has 1 aliphatic heterocycles. The number of hydrogen-bond acceptors (Lipinski definition) is 5. The van der Waals surface area contributed by atoms with Crippen molar-refractivity contribution in [2.24, 2.45) is 5.41 Å². The molecule has 0 aromatic heterocycles. The number of benzene rings is 2. The molecule has 0 bridgehead atoms. The Morgan fingerprint density at radius 2 is 1.79 bits per heavy atom. The van der Waals surface area contributed by atoms with Gasteiger partial charge in [-0.3, -0.25) is 9.59 Å². The maximum atomic E-state index is 13.7. The molecule has 6 heteroatoms. The molecule has 0 spiro atoms. The highest BCUT2D eigenvalue weighted by Crippen LogP contribution is 2.49. The van der Waals surface area contributed by atoms with Gasteiger partial charge in [0.25, 0.3) is 5.91 Å². The number of Topliss-reactive ketones (excluding diaryl/α,β-unsaturated/α-hetero) is 1. The molecule has 0 saturated carbocycles. The van der Waals surface area contributed by atoms with Crippen molar-refractivity contribution in [3.63, 3.8) is 0 Å². The molecular weight excluding hydrogens is 428 g/mol. The van der Waals surface area contributed by atoms with Crippen molar-refractivity contribution >= 4 is 17.4 Å². The Labute approximate surface area is 201 Å². The lowest BCUT2D eigenvalue weighted by Crippen LogP contribution is -2.39. The molecular formula is C28H32N2O4. The highest BCUT2D eigenvalue weighted by atomic mass is 16.5. The molecule has 34 heavy (non-hydrogen) atoms. The molecule has 2 aromatic rings. The summed E-state index contributed by atoms with van der Waals surface area (Å²) in [6.07, 6.45) is 1.15. The van der Waals surface area contributed by atoms with Crippen LogP contribution in [0.5, 0.6) is 11.5 Å². The summed E-state index contributed by atoms with van der Waals surface area (Å²) in [7, 11) is 3.18. The zero-order valence-corrected chi connectivity index (χ0v) is 20.7. The average Bonchev–Trinajstić information content (AvgIpc) is 2.78. The van der Waals surface area contributed by atoms with Crippen molar-refractivity contribution in [2.45, 2.75) is 46.5 Å². The number of ether oxygens (including phenoxy) is 2. The van der Waals surface area contributed by atoms with E-state index in [9.17, 15) is 9.59 Å². The van der Waals surface area contributed by atoms with Gasteiger partial charge >= 0.3 is 0 Å². The van der Waals surface area contributed by atoms with E-state index >= 15 is 0 Å². The quantitative estimate of drug-likeness (QED) is 0.637. The summed E-state index contributed by atoms with van der Waals surface area (Å²) in [6, 6.07) is 13.2. The van der Waals surface area contributed by atoms with Crippen LogP contribution in [0.25, 0.3) is 0 Å². The minimum atomic E-state index is -0.551. The van der Waals surface area contributed by atoms with Crippen LogP contribution in [0.1, 0.15) is 50.7 Å². The van der Waals surface area contributed by atoms with E-state index in [2.05, 4.69) is 24.5 Å². The molecule has 178 valence electrons. The Morgan fingerprint density at radius 1 is 1.06 bits per heavy atom. The highest BCUT2D eigenvalue weighted by molar-refractivity contribution is 6.10. The molecule has 0 radical (unpaired) electrons. The topological polar surface area (TPSA) is 76.7 Å². The second kappa shape index (κ2) is 9.01. The molecule has 0 unspecified atom stereocenters. The number of aryl methyl sites for hydroxylation is 1. The van der Waals surface area contributed by atoms with Gasteiger partial charge in [-0.2, -0.15) is 0 Å². The molecule has 1 aliphatic carbocycles. The number of rotatable bonds is 5. The summed E-state index contributed by atoms with van der Waals surface area (Å²) < 4.78 is 11.1. The summed E-state index contributed by atoms with van der Waals surface area (Å²) in [5.41, 5.74) is 5.09. The molecule has 1 heterocycles. The van der Waals surface area contributed by atoms with Gasteiger partial charge in [0, 0.05) is 46.3 Å². The lowest BCUT2D eigenvalue weighted by molar-refractivity contribution is -0.118. The molecule has 6 nitrogen and oxygen atoms in total. The number of nitrogens with one attached hydrogen (secondary N) is 2. The number of anilines is 1. The predicted octanol–water partition coefficient (Wildman–Crippen LogP) is 5.25. The van der Waals surface area contributed by atoms with Gasteiger partial charge in [-0.25, -0.2) is 0 Å². The van der Waals surface area contributed by atoms with Crippen LogP contribution in [0.2, 0.25) is 0 Å². The Balaban J connectivity index is 1.87. The second-order valence-corrected chi connectivity index (χ2v) is 9.81. The van der Waals surface area contributed by atoms with E-state index in [0.717, 1.165) is 34.6 Å². The average molecular weight is 461 g/mol. The Morgan fingerprint density at radius 3 is 2.47 bits per heavy atom. The van der Waals surface area contributed by atoms with Crippen LogP contribution in [0.3, 0.4) is 0 Å². The highest BCUT2D eigenvalue weighted by Gasteiger charge is 2.43. The van der Waals surface area contributed by atoms with Crippen LogP contribution < -0.4 is 20.1 Å². The molecule has 2 N–H and O–H groups in total. The van der Waals surface area contributed by atoms with Gasteiger partial charge in [0.2, 0.25) is 0 Å². The standard InChI is InChI=1S/C28H32N2O4/c1-16-9-7-8-10-20(16)30-27(32)24-17(2)29-21-14-28(3,4)15-22(31)26(21)25(24)19-12-11-18(33-5)13-23(19)34-6/h7-13,25,29H,14-15H2,1-6H3,(H,30,32)/t25-/m0/s1. The number of amides is 1. The van der Waals surface area contributed by atoms with Crippen LogP contribution >= 0.6 is 0 Å². The van der Waals surface area contributed by atoms with Gasteiger partial charge < -0.3 is 20.1 Å². The molecule has 1 amide bonds. The Bertz CT molecular complexity index is 1220. The molecule has 0 saturated heterocycles. The molecule has 0 fully saturated rings. The third-order valence-electron chi connectivity index (χ3n) is 6.63. The molecule has 2 aliphatic rings. The Hall–Kier alpha value is -3.54. The maximum absolute atomic E-state index is 13.7. The summed E-state index contributed by atoms with van der Waals surface area (Å²) >= 11 is 0. The smallest absolute Gasteiger partial charge is 0.254 e.